The van der Waals surface area contributed by atoms with Gasteiger partial charge in [-0.15, -0.1) is 0 Å². The molecular formula is C21H24N4O6S. The molecule has 32 heavy (non-hydrogen) atoms. The van der Waals surface area contributed by atoms with Gasteiger partial charge >= 0.3 is 0 Å². The van der Waals surface area contributed by atoms with Crippen LogP contribution < -0.4 is 35.7 Å². The summed E-state index contributed by atoms with van der Waals surface area (Å²) in [5, 5.41) is 5.01. The van der Waals surface area contributed by atoms with Gasteiger partial charge in [-0.2, -0.15) is 0 Å². The van der Waals surface area contributed by atoms with Crippen LogP contribution in [0.25, 0.3) is 0 Å². The molecule has 2 aromatic rings. The number of amides is 3. The van der Waals surface area contributed by atoms with E-state index in [4.69, 9.17) is 26.4 Å². The quantitative estimate of drug-likeness (QED) is 0.365. The molecule has 4 N–H and O–H groups in total. The Kier molecular flexibility index (Phi) is 8.78. The molecule has 0 bridgehead atoms. The van der Waals surface area contributed by atoms with Crippen LogP contribution in [0.15, 0.2) is 36.4 Å². The zero-order valence-electron chi connectivity index (χ0n) is 18.0. The topological polar surface area (TPSA) is 127 Å². The van der Waals surface area contributed by atoms with Gasteiger partial charge in [0.15, 0.2) is 16.6 Å². The molecule has 0 aromatic heterocycles. The summed E-state index contributed by atoms with van der Waals surface area (Å²) >= 11 is 5.06. The van der Waals surface area contributed by atoms with E-state index < -0.39 is 11.8 Å². The minimum Gasteiger partial charge on any atom is -0.493 e. The average molecular weight is 461 g/mol. The third kappa shape index (κ3) is 6.32. The van der Waals surface area contributed by atoms with E-state index in [1.54, 1.807) is 31.2 Å². The summed E-state index contributed by atoms with van der Waals surface area (Å²) in [5.74, 6) is -0.197. The Hall–Kier alpha value is -3.86. The Balaban J connectivity index is 1.96. The van der Waals surface area contributed by atoms with Crippen molar-refractivity contribution in [1.29, 1.82) is 0 Å². The first-order valence-electron chi connectivity index (χ1n) is 9.44. The summed E-state index contributed by atoms with van der Waals surface area (Å²) in [5.41, 5.74) is 5.96. The van der Waals surface area contributed by atoms with Crippen molar-refractivity contribution in [3.05, 3.63) is 47.5 Å². The summed E-state index contributed by atoms with van der Waals surface area (Å²) in [6, 6.07) is 9.23. The molecule has 0 saturated heterocycles. The van der Waals surface area contributed by atoms with Gasteiger partial charge < -0.3 is 19.5 Å². The van der Waals surface area contributed by atoms with Crippen molar-refractivity contribution in [2.24, 2.45) is 0 Å². The number of hydrazine groups is 1. The maximum atomic E-state index is 12.5. The molecule has 0 heterocycles. The lowest BCUT2D eigenvalue weighted by molar-refractivity contribution is -0.115. The maximum Gasteiger partial charge on any atom is 0.269 e. The third-order valence-electron chi connectivity index (χ3n) is 4.20. The number of hydrogen-bond acceptors (Lipinski definition) is 7. The number of carbonyl (C=O) groups excluding carboxylic acids is 3. The number of benzene rings is 2. The number of hydrogen-bond donors (Lipinski definition) is 4. The summed E-state index contributed by atoms with van der Waals surface area (Å²) in [7, 11) is 4.33. The molecule has 0 unspecified atom stereocenters. The predicted molar refractivity (Wildman–Crippen MR) is 122 cm³/mol. The van der Waals surface area contributed by atoms with Crippen molar-refractivity contribution in [1.82, 2.24) is 16.2 Å². The number of rotatable bonds is 7. The van der Waals surface area contributed by atoms with Crippen LogP contribution in [0, 0.1) is 0 Å². The van der Waals surface area contributed by atoms with Crippen LogP contribution in [0.1, 0.15) is 34.1 Å². The van der Waals surface area contributed by atoms with Gasteiger partial charge in [0, 0.05) is 23.2 Å². The van der Waals surface area contributed by atoms with Gasteiger partial charge in [-0.25, -0.2) is 0 Å². The zero-order valence-corrected chi connectivity index (χ0v) is 18.8. The fourth-order valence-corrected chi connectivity index (χ4v) is 2.70. The summed E-state index contributed by atoms with van der Waals surface area (Å²) < 4.78 is 15.7. The summed E-state index contributed by atoms with van der Waals surface area (Å²) in [6.07, 6.45) is 0.353. The second-order valence-electron chi connectivity index (χ2n) is 6.26. The van der Waals surface area contributed by atoms with Crippen LogP contribution in [0.4, 0.5) is 5.69 Å². The second-order valence-corrected chi connectivity index (χ2v) is 6.66. The molecule has 170 valence electrons. The number of anilines is 1. The Morgan fingerprint density at radius 1 is 0.844 bits per heavy atom. The van der Waals surface area contributed by atoms with Crippen LogP contribution in [0.2, 0.25) is 0 Å². The van der Waals surface area contributed by atoms with Gasteiger partial charge in [-0.1, -0.05) is 6.92 Å². The third-order valence-corrected chi connectivity index (χ3v) is 4.40. The van der Waals surface area contributed by atoms with Crippen molar-refractivity contribution >= 4 is 40.7 Å². The monoisotopic (exact) mass is 460 g/mol. The first kappa shape index (κ1) is 24.4. The number of carbonyl (C=O) groups is 3. The predicted octanol–water partition coefficient (Wildman–Crippen LogP) is 2.01. The number of nitrogens with one attached hydrogen (secondary N) is 4. The molecule has 2 aromatic carbocycles. The molecule has 0 aliphatic carbocycles. The molecule has 0 spiro atoms. The smallest absolute Gasteiger partial charge is 0.269 e. The Bertz CT molecular complexity index is 985. The van der Waals surface area contributed by atoms with Crippen LogP contribution in [0.3, 0.4) is 0 Å². The first-order valence-corrected chi connectivity index (χ1v) is 9.85. The van der Waals surface area contributed by atoms with E-state index in [-0.39, 0.29) is 16.6 Å². The second kappa shape index (κ2) is 11.5. The summed E-state index contributed by atoms with van der Waals surface area (Å²) in [4.78, 5) is 36.2. The number of methoxy groups -OCH3 is 3. The number of thiocarbonyl (C=S) groups is 1. The van der Waals surface area contributed by atoms with Gasteiger partial charge in [0.25, 0.3) is 11.8 Å². The van der Waals surface area contributed by atoms with Crippen molar-refractivity contribution in [2.75, 3.05) is 26.6 Å². The lowest BCUT2D eigenvalue weighted by Crippen LogP contribution is -2.48. The minimum absolute atomic E-state index is 0.121. The average Bonchev–Trinajstić information content (AvgIpc) is 2.81. The van der Waals surface area contributed by atoms with Crippen molar-refractivity contribution < 1.29 is 28.6 Å². The van der Waals surface area contributed by atoms with Gasteiger partial charge in [-0.3, -0.25) is 30.6 Å². The fraction of sp³-hybridized carbons (Fsp3) is 0.238. The molecule has 11 heteroatoms. The molecule has 0 fully saturated rings. The van der Waals surface area contributed by atoms with E-state index >= 15 is 0 Å². The molecule has 0 saturated carbocycles. The van der Waals surface area contributed by atoms with E-state index in [2.05, 4.69) is 21.5 Å². The largest absolute Gasteiger partial charge is 0.493 e. The van der Waals surface area contributed by atoms with Crippen LogP contribution in [0.5, 0.6) is 17.2 Å². The van der Waals surface area contributed by atoms with Crippen LogP contribution in [-0.2, 0) is 4.79 Å². The Morgan fingerprint density at radius 2 is 1.44 bits per heavy atom. The van der Waals surface area contributed by atoms with E-state index in [1.807, 2.05) is 0 Å². The summed E-state index contributed by atoms with van der Waals surface area (Å²) in [6.45, 7) is 1.74. The van der Waals surface area contributed by atoms with Gasteiger partial charge in [0.1, 0.15) is 0 Å². The Labute approximate surface area is 190 Å². The van der Waals surface area contributed by atoms with Crippen molar-refractivity contribution in [3.63, 3.8) is 0 Å². The highest BCUT2D eigenvalue weighted by molar-refractivity contribution is 7.80. The molecule has 2 rings (SSSR count). The van der Waals surface area contributed by atoms with E-state index in [9.17, 15) is 14.4 Å². The van der Waals surface area contributed by atoms with Gasteiger partial charge in [-0.05, 0) is 48.6 Å². The van der Waals surface area contributed by atoms with Gasteiger partial charge in [0.05, 0.1) is 21.3 Å². The molecule has 0 aliphatic heterocycles. The molecule has 10 nitrogen and oxygen atoms in total. The van der Waals surface area contributed by atoms with Crippen LogP contribution in [-0.4, -0.2) is 44.2 Å². The zero-order chi connectivity index (χ0) is 23.7. The molecule has 0 radical (unpaired) electrons. The minimum atomic E-state index is -0.549. The van der Waals surface area contributed by atoms with Crippen molar-refractivity contribution in [3.8, 4) is 17.2 Å². The first-order chi connectivity index (χ1) is 15.3. The fourth-order valence-electron chi connectivity index (χ4n) is 2.56. The van der Waals surface area contributed by atoms with E-state index in [0.717, 1.165) is 0 Å². The highest BCUT2D eigenvalue weighted by Crippen LogP contribution is 2.38. The normalized spacial score (nSPS) is 9.88. The van der Waals surface area contributed by atoms with Gasteiger partial charge in [0.2, 0.25) is 11.7 Å². The van der Waals surface area contributed by atoms with Crippen molar-refractivity contribution in [2.45, 2.75) is 13.3 Å². The SMILES string of the molecule is CCC(=O)Nc1ccc(C(=O)NNC(=S)NC(=O)c2cc(OC)c(OC)c(OC)c2)cc1. The van der Waals surface area contributed by atoms with E-state index in [1.165, 1.54) is 33.5 Å². The Morgan fingerprint density at radius 3 is 1.94 bits per heavy atom. The molecular weight excluding hydrogens is 436 g/mol. The highest BCUT2D eigenvalue weighted by atomic mass is 32.1. The maximum absolute atomic E-state index is 12.5. The molecule has 0 aliphatic rings. The van der Waals surface area contributed by atoms with Crippen LogP contribution >= 0.6 is 12.2 Å². The highest BCUT2D eigenvalue weighted by Gasteiger charge is 2.18. The lowest BCUT2D eigenvalue weighted by atomic mass is 10.1. The standard InChI is InChI=1S/C21H24N4O6S/c1-5-17(26)22-14-8-6-12(7-9-14)20(28)24-25-21(32)23-19(27)13-10-15(29-2)18(31-4)16(11-13)30-3/h6-11H,5H2,1-4H3,(H,22,26)(H,24,28)(H2,23,25,27,32). The lowest BCUT2D eigenvalue weighted by Gasteiger charge is -2.15. The molecule has 3 amide bonds. The molecule has 0 atom stereocenters. The number of ether oxygens (including phenoxy) is 3. The van der Waals surface area contributed by atoms with E-state index in [0.29, 0.717) is 34.9 Å².